The molecule has 87 valence electrons. The van der Waals surface area contributed by atoms with Crippen molar-refractivity contribution in [3.8, 4) is 5.75 Å². The smallest absolute Gasteiger partial charge is 0.136 e. The van der Waals surface area contributed by atoms with Crippen LogP contribution < -0.4 is 15.3 Å². The third-order valence-electron chi connectivity index (χ3n) is 2.35. The molecule has 2 nitrogen and oxygen atoms in total. The van der Waals surface area contributed by atoms with E-state index in [0.717, 1.165) is 16.4 Å². The van der Waals surface area contributed by atoms with Crippen molar-refractivity contribution in [3.63, 3.8) is 0 Å². The van der Waals surface area contributed by atoms with Crippen LogP contribution in [0.1, 0.15) is 6.92 Å². The molecule has 3 heteroatoms. The van der Waals surface area contributed by atoms with Gasteiger partial charge >= 0.3 is 0 Å². The highest BCUT2D eigenvalue weighted by Gasteiger charge is 2.07. The molecular weight excluding hydrogens is 231 g/mol. The van der Waals surface area contributed by atoms with E-state index in [4.69, 9.17) is 4.74 Å². The largest absolute Gasteiger partial charge is 0.494 e. The lowest BCUT2D eigenvalue weighted by Crippen LogP contribution is -2.06. The van der Waals surface area contributed by atoms with Crippen molar-refractivity contribution in [1.82, 2.24) is 0 Å². The standard InChI is InChI=1S/C14H14O2P/c1-2-16-12-7-6-10-14(11-12)17(15)13-8-4-3-5-9-13/h3-11H,2H2,1H3. The molecule has 0 heterocycles. The van der Waals surface area contributed by atoms with Crippen molar-refractivity contribution in [3.05, 3.63) is 54.6 Å². The highest BCUT2D eigenvalue weighted by molar-refractivity contribution is 7.61. The Morgan fingerprint density at radius 1 is 1.00 bits per heavy atom. The van der Waals surface area contributed by atoms with Gasteiger partial charge in [-0.25, -0.2) is 0 Å². The van der Waals surface area contributed by atoms with Crippen LogP contribution in [0.2, 0.25) is 0 Å². The minimum Gasteiger partial charge on any atom is -0.494 e. The molecule has 2 rings (SSSR count). The average molecular weight is 245 g/mol. The molecule has 2 aromatic carbocycles. The number of hydrogen-bond acceptors (Lipinski definition) is 2. The molecule has 17 heavy (non-hydrogen) atoms. The summed E-state index contributed by atoms with van der Waals surface area (Å²) in [5.74, 6) is 0.768. The molecule has 0 spiro atoms. The predicted octanol–water partition coefficient (Wildman–Crippen LogP) is 2.86. The van der Waals surface area contributed by atoms with Crippen molar-refractivity contribution >= 4 is 18.4 Å². The highest BCUT2D eigenvalue weighted by atomic mass is 31.1. The molecule has 0 fully saturated rings. The van der Waals surface area contributed by atoms with Crippen LogP contribution in [0.5, 0.6) is 5.75 Å². The van der Waals surface area contributed by atoms with E-state index >= 15 is 0 Å². The van der Waals surface area contributed by atoms with Crippen LogP contribution in [0.4, 0.5) is 0 Å². The maximum absolute atomic E-state index is 12.3. The van der Waals surface area contributed by atoms with Crippen LogP contribution in [0.15, 0.2) is 54.6 Å². The number of benzene rings is 2. The maximum Gasteiger partial charge on any atom is 0.136 e. The van der Waals surface area contributed by atoms with Crippen LogP contribution >= 0.6 is 7.80 Å². The Labute approximate surface area is 102 Å². The lowest BCUT2D eigenvalue weighted by Gasteiger charge is -2.05. The summed E-state index contributed by atoms with van der Waals surface area (Å²) in [4.78, 5) is 0. The summed E-state index contributed by atoms with van der Waals surface area (Å²) in [5.41, 5.74) is 0. The van der Waals surface area contributed by atoms with Gasteiger partial charge < -0.3 is 4.74 Å². The lowest BCUT2D eigenvalue weighted by molar-refractivity contribution is 0.340. The van der Waals surface area contributed by atoms with Gasteiger partial charge in [0.05, 0.1) is 6.61 Å². The van der Waals surface area contributed by atoms with E-state index in [1.807, 2.05) is 61.5 Å². The normalized spacial score (nSPS) is 11.0. The number of hydrogen-bond donors (Lipinski definition) is 0. The van der Waals surface area contributed by atoms with Crippen LogP contribution in [-0.2, 0) is 4.57 Å². The average Bonchev–Trinajstić information content (AvgIpc) is 2.40. The third kappa shape index (κ3) is 2.92. The molecule has 0 N–H and O–H groups in total. The Morgan fingerprint density at radius 2 is 1.71 bits per heavy atom. The minimum absolute atomic E-state index is 0.617. The van der Waals surface area contributed by atoms with Gasteiger partial charge in [0.15, 0.2) is 0 Å². The van der Waals surface area contributed by atoms with Crippen molar-refractivity contribution in [2.24, 2.45) is 0 Å². The molecule has 0 bridgehead atoms. The summed E-state index contributed by atoms with van der Waals surface area (Å²) < 4.78 is 17.7. The summed E-state index contributed by atoms with van der Waals surface area (Å²) in [6.45, 7) is 2.55. The van der Waals surface area contributed by atoms with Gasteiger partial charge in [-0.3, -0.25) is 4.57 Å². The Balaban J connectivity index is 2.28. The molecule has 0 aromatic heterocycles. The molecule has 0 saturated heterocycles. The van der Waals surface area contributed by atoms with E-state index < -0.39 is 7.80 Å². The van der Waals surface area contributed by atoms with Gasteiger partial charge in [-0.15, -0.1) is 0 Å². The monoisotopic (exact) mass is 245 g/mol. The Bertz CT molecular complexity index is 509. The fourth-order valence-corrected chi connectivity index (χ4v) is 2.79. The molecule has 0 aliphatic heterocycles. The first-order chi connectivity index (χ1) is 8.31. The van der Waals surface area contributed by atoms with E-state index in [1.54, 1.807) is 0 Å². The van der Waals surface area contributed by atoms with Crippen molar-refractivity contribution in [1.29, 1.82) is 0 Å². The van der Waals surface area contributed by atoms with Crippen LogP contribution in [0, 0.1) is 0 Å². The Morgan fingerprint density at radius 3 is 2.41 bits per heavy atom. The SMILES string of the molecule is CCOc1cccc([P](=O)c2ccccc2)c1. The zero-order valence-electron chi connectivity index (χ0n) is 9.67. The molecule has 1 radical (unpaired) electrons. The van der Waals surface area contributed by atoms with Gasteiger partial charge in [0.2, 0.25) is 0 Å². The van der Waals surface area contributed by atoms with E-state index in [2.05, 4.69) is 0 Å². The lowest BCUT2D eigenvalue weighted by atomic mass is 10.3. The first-order valence-corrected chi connectivity index (χ1v) is 6.82. The summed E-state index contributed by atoms with van der Waals surface area (Å²) in [6, 6.07) is 16.9. The fourth-order valence-electron chi connectivity index (χ4n) is 1.58. The third-order valence-corrected chi connectivity index (χ3v) is 3.87. The zero-order chi connectivity index (χ0) is 12.1. The minimum atomic E-state index is -1.53. The molecular formula is C14H14O2P. The van der Waals surface area contributed by atoms with Gasteiger partial charge in [-0.05, 0) is 37.3 Å². The first kappa shape index (κ1) is 11.8. The number of rotatable bonds is 4. The van der Waals surface area contributed by atoms with Crippen molar-refractivity contribution < 1.29 is 9.30 Å². The van der Waals surface area contributed by atoms with Crippen molar-refractivity contribution in [2.45, 2.75) is 6.92 Å². The predicted molar refractivity (Wildman–Crippen MR) is 70.9 cm³/mol. The van der Waals surface area contributed by atoms with Crippen LogP contribution in [0.3, 0.4) is 0 Å². The van der Waals surface area contributed by atoms with Gasteiger partial charge in [0.1, 0.15) is 13.6 Å². The first-order valence-electron chi connectivity index (χ1n) is 5.56. The Kier molecular flexibility index (Phi) is 3.89. The van der Waals surface area contributed by atoms with Crippen molar-refractivity contribution in [2.75, 3.05) is 6.61 Å². The Hall–Kier alpha value is -1.66. The highest BCUT2D eigenvalue weighted by Crippen LogP contribution is 2.21. The van der Waals surface area contributed by atoms with Gasteiger partial charge in [0.25, 0.3) is 0 Å². The van der Waals surface area contributed by atoms with Crippen LogP contribution in [-0.4, -0.2) is 6.61 Å². The maximum atomic E-state index is 12.3. The zero-order valence-corrected chi connectivity index (χ0v) is 10.6. The number of ether oxygens (including phenoxy) is 1. The van der Waals surface area contributed by atoms with E-state index in [-0.39, 0.29) is 0 Å². The molecule has 2 aromatic rings. The second kappa shape index (κ2) is 5.60. The van der Waals surface area contributed by atoms with E-state index in [9.17, 15) is 4.57 Å². The second-order valence-corrected chi connectivity index (χ2v) is 5.18. The summed E-state index contributed by atoms with van der Waals surface area (Å²) in [6.07, 6.45) is 0. The summed E-state index contributed by atoms with van der Waals surface area (Å²) >= 11 is 0. The summed E-state index contributed by atoms with van der Waals surface area (Å²) in [7, 11) is -1.53. The van der Waals surface area contributed by atoms with Gasteiger partial charge in [0, 0.05) is 10.6 Å². The van der Waals surface area contributed by atoms with Crippen LogP contribution in [0.25, 0.3) is 0 Å². The molecule has 1 atom stereocenters. The van der Waals surface area contributed by atoms with E-state index in [1.165, 1.54) is 0 Å². The molecule has 0 aliphatic rings. The molecule has 0 aliphatic carbocycles. The quantitative estimate of drug-likeness (QED) is 0.774. The fraction of sp³-hybridized carbons (Fsp3) is 0.143. The van der Waals surface area contributed by atoms with Gasteiger partial charge in [-0.1, -0.05) is 24.3 Å². The van der Waals surface area contributed by atoms with E-state index in [0.29, 0.717) is 6.61 Å². The topological polar surface area (TPSA) is 26.3 Å². The second-order valence-electron chi connectivity index (χ2n) is 3.56. The molecule has 0 amide bonds. The molecule has 0 saturated carbocycles. The molecule has 1 unspecified atom stereocenters. The summed E-state index contributed by atoms with van der Waals surface area (Å²) in [5, 5.41) is 1.65. The van der Waals surface area contributed by atoms with Gasteiger partial charge in [-0.2, -0.15) is 0 Å².